The molecule has 34 heavy (non-hydrogen) atoms. The Morgan fingerprint density at radius 3 is 1.59 bits per heavy atom. The van der Waals surface area contributed by atoms with Gasteiger partial charge in [-0.25, -0.2) is 4.39 Å². The van der Waals surface area contributed by atoms with E-state index in [9.17, 15) is 4.39 Å². The lowest BCUT2D eigenvalue weighted by Gasteiger charge is -2.38. The molecule has 0 saturated heterocycles. The van der Waals surface area contributed by atoms with Crippen LogP contribution in [0.25, 0.3) is 0 Å². The van der Waals surface area contributed by atoms with Crippen molar-refractivity contribution in [3.05, 3.63) is 35.6 Å². The van der Waals surface area contributed by atoms with Gasteiger partial charge in [-0.1, -0.05) is 128 Å². The van der Waals surface area contributed by atoms with Gasteiger partial charge in [0, 0.05) is 0 Å². The van der Waals surface area contributed by atoms with Crippen LogP contribution in [-0.4, -0.2) is 0 Å². The van der Waals surface area contributed by atoms with Gasteiger partial charge in [0.1, 0.15) is 5.82 Å². The average molecular weight is 471 g/mol. The lowest BCUT2D eigenvalue weighted by atomic mass is 9.68. The minimum absolute atomic E-state index is 0.0135. The average Bonchev–Trinajstić information content (AvgIpc) is 2.88. The van der Waals surface area contributed by atoms with E-state index < -0.39 is 0 Å². The fraction of sp³-hybridized carbons (Fsp3) is 0.818. The van der Waals surface area contributed by atoms with Crippen LogP contribution in [0.4, 0.5) is 4.39 Å². The maximum Gasteiger partial charge on any atom is 0.126 e. The maximum absolute atomic E-state index is 14.1. The highest BCUT2D eigenvalue weighted by atomic mass is 19.1. The lowest BCUT2D eigenvalue weighted by Crippen LogP contribution is -2.25. The predicted molar refractivity (Wildman–Crippen MR) is 147 cm³/mol. The molecule has 1 aromatic rings. The quantitative estimate of drug-likeness (QED) is 0.211. The minimum Gasteiger partial charge on any atom is -0.207 e. The summed E-state index contributed by atoms with van der Waals surface area (Å²) in [5, 5.41) is 0. The van der Waals surface area contributed by atoms with E-state index in [-0.39, 0.29) is 5.82 Å². The summed E-state index contributed by atoms with van der Waals surface area (Å²) in [4.78, 5) is 0. The van der Waals surface area contributed by atoms with Crippen LogP contribution in [-0.2, 0) is 0 Å². The van der Waals surface area contributed by atoms with E-state index in [1.807, 2.05) is 18.2 Å². The van der Waals surface area contributed by atoms with Gasteiger partial charge in [-0.2, -0.15) is 0 Å². The predicted octanol–water partition coefficient (Wildman–Crippen LogP) is 11.4. The van der Waals surface area contributed by atoms with E-state index in [4.69, 9.17) is 0 Å². The van der Waals surface area contributed by atoms with E-state index in [1.165, 1.54) is 141 Å². The summed E-state index contributed by atoms with van der Waals surface area (Å²) in [5.41, 5.74) is 0.975. The molecule has 2 aliphatic rings. The Hall–Kier alpha value is -0.850. The summed E-state index contributed by atoms with van der Waals surface area (Å²) in [7, 11) is 0. The zero-order chi connectivity index (χ0) is 23.8. The van der Waals surface area contributed by atoms with Crippen molar-refractivity contribution in [2.45, 2.75) is 154 Å². The van der Waals surface area contributed by atoms with Crippen molar-refractivity contribution in [2.75, 3.05) is 0 Å². The fourth-order valence-electron chi connectivity index (χ4n) is 7.11. The Morgan fingerprint density at radius 2 is 1.06 bits per heavy atom. The SMILES string of the molecule is CCCCCCCCCCCCCCCC1CCC(C2CCC(c3ccccc3F)CC2)CC1. The summed E-state index contributed by atoms with van der Waals surface area (Å²) in [6.45, 7) is 2.30. The molecular weight excluding hydrogens is 415 g/mol. The van der Waals surface area contributed by atoms with E-state index in [0.717, 1.165) is 23.3 Å². The second-order valence-electron chi connectivity index (χ2n) is 11.9. The number of rotatable bonds is 16. The summed E-state index contributed by atoms with van der Waals surface area (Å²) in [6.07, 6.45) is 31.4. The number of benzene rings is 1. The van der Waals surface area contributed by atoms with Crippen LogP contribution >= 0.6 is 0 Å². The molecule has 0 atom stereocenters. The van der Waals surface area contributed by atoms with Gasteiger partial charge in [-0.05, 0) is 73.8 Å². The van der Waals surface area contributed by atoms with Crippen molar-refractivity contribution < 1.29 is 4.39 Å². The van der Waals surface area contributed by atoms with Crippen LogP contribution < -0.4 is 0 Å². The highest BCUT2D eigenvalue weighted by molar-refractivity contribution is 5.22. The van der Waals surface area contributed by atoms with Gasteiger partial charge in [-0.15, -0.1) is 0 Å². The highest BCUT2D eigenvalue weighted by Gasteiger charge is 2.31. The van der Waals surface area contributed by atoms with Gasteiger partial charge >= 0.3 is 0 Å². The Morgan fingerprint density at radius 1 is 0.588 bits per heavy atom. The molecule has 194 valence electrons. The van der Waals surface area contributed by atoms with Gasteiger partial charge in [0.15, 0.2) is 0 Å². The van der Waals surface area contributed by atoms with Crippen LogP contribution in [0.5, 0.6) is 0 Å². The van der Waals surface area contributed by atoms with Gasteiger partial charge < -0.3 is 0 Å². The second-order valence-corrected chi connectivity index (χ2v) is 11.9. The summed E-state index contributed by atoms with van der Waals surface area (Å²) >= 11 is 0. The zero-order valence-electron chi connectivity index (χ0n) is 22.6. The van der Waals surface area contributed by atoms with Crippen LogP contribution in [0.1, 0.15) is 160 Å². The second kappa shape index (κ2) is 16.8. The van der Waals surface area contributed by atoms with E-state index >= 15 is 0 Å². The van der Waals surface area contributed by atoms with Crippen LogP contribution in [0, 0.1) is 23.6 Å². The molecule has 3 rings (SSSR count). The van der Waals surface area contributed by atoms with Crippen molar-refractivity contribution >= 4 is 0 Å². The summed E-state index contributed by atoms with van der Waals surface area (Å²) in [5.74, 6) is 3.37. The molecule has 1 aromatic carbocycles. The van der Waals surface area contributed by atoms with Crippen molar-refractivity contribution in [1.82, 2.24) is 0 Å². The van der Waals surface area contributed by atoms with E-state index in [2.05, 4.69) is 6.92 Å². The number of halogens is 1. The standard InChI is InChI=1S/C33H55F/c1-2-3-4-5-6-7-8-9-10-11-12-13-14-17-28-20-22-29(23-21-28)30-24-26-31(27-25-30)32-18-15-16-19-33(32)34/h15-16,18-19,28-31H,2-14,17,20-27H2,1H3. The molecule has 0 N–H and O–H groups in total. The zero-order valence-corrected chi connectivity index (χ0v) is 22.6. The smallest absolute Gasteiger partial charge is 0.126 e. The third kappa shape index (κ3) is 10.0. The molecule has 0 unspecified atom stereocenters. The molecule has 2 fully saturated rings. The third-order valence-corrected chi connectivity index (χ3v) is 9.39. The molecule has 2 saturated carbocycles. The maximum atomic E-state index is 14.1. The molecule has 0 spiro atoms. The molecular formula is C33H55F. The van der Waals surface area contributed by atoms with E-state index in [1.54, 1.807) is 6.07 Å². The third-order valence-electron chi connectivity index (χ3n) is 9.39. The van der Waals surface area contributed by atoms with Crippen molar-refractivity contribution in [3.63, 3.8) is 0 Å². The first-order chi connectivity index (χ1) is 16.8. The van der Waals surface area contributed by atoms with Crippen molar-refractivity contribution in [2.24, 2.45) is 17.8 Å². The first-order valence-electron chi connectivity index (χ1n) is 15.5. The normalized spacial score (nSPS) is 25.5. The van der Waals surface area contributed by atoms with Crippen LogP contribution in [0.3, 0.4) is 0 Å². The molecule has 0 heterocycles. The highest BCUT2D eigenvalue weighted by Crippen LogP contribution is 2.44. The first-order valence-corrected chi connectivity index (χ1v) is 15.5. The Kier molecular flexibility index (Phi) is 13.7. The van der Waals surface area contributed by atoms with E-state index in [0.29, 0.717) is 5.92 Å². The molecule has 0 amide bonds. The fourth-order valence-corrected chi connectivity index (χ4v) is 7.11. The van der Waals surface area contributed by atoms with Gasteiger partial charge in [0.25, 0.3) is 0 Å². The largest absolute Gasteiger partial charge is 0.207 e. The Labute approximate surface area is 211 Å². The van der Waals surface area contributed by atoms with Crippen LogP contribution in [0.15, 0.2) is 24.3 Å². The molecule has 1 heteroatoms. The Balaban J connectivity index is 1.15. The molecule has 2 aliphatic carbocycles. The Bertz CT molecular complexity index is 621. The summed E-state index contributed by atoms with van der Waals surface area (Å²) < 4.78 is 14.1. The topological polar surface area (TPSA) is 0 Å². The monoisotopic (exact) mass is 470 g/mol. The molecule has 0 aliphatic heterocycles. The van der Waals surface area contributed by atoms with Crippen molar-refractivity contribution in [1.29, 1.82) is 0 Å². The number of hydrogen-bond acceptors (Lipinski definition) is 0. The van der Waals surface area contributed by atoms with Gasteiger partial charge in [0.05, 0.1) is 0 Å². The molecule has 0 radical (unpaired) electrons. The first kappa shape index (κ1) is 27.7. The number of unbranched alkanes of at least 4 members (excludes halogenated alkanes) is 12. The van der Waals surface area contributed by atoms with Gasteiger partial charge in [-0.3, -0.25) is 0 Å². The van der Waals surface area contributed by atoms with Crippen molar-refractivity contribution in [3.8, 4) is 0 Å². The lowest BCUT2D eigenvalue weighted by molar-refractivity contribution is 0.155. The van der Waals surface area contributed by atoms with Gasteiger partial charge in [0.2, 0.25) is 0 Å². The van der Waals surface area contributed by atoms with Crippen LogP contribution in [0.2, 0.25) is 0 Å². The minimum atomic E-state index is 0.0135. The molecule has 0 aromatic heterocycles. The molecule has 0 nitrogen and oxygen atoms in total. The number of hydrogen-bond donors (Lipinski definition) is 0. The molecule has 0 bridgehead atoms. The summed E-state index contributed by atoms with van der Waals surface area (Å²) in [6, 6.07) is 7.48.